The summed E-state index contributed by atoms with van der Waals surface area (Å²) in [5, 5.41) is 3.60. The van der Waals surface area contributed by atoms with Crippen LogP contribution in [-0.2, 0) is 0 Å². The van der Waals surface area contributed by atoms with Crippen molar-refractivity contribution in [1.29, 1.82) is 0 Å². The van der Waals surface area contributed by atoms with Crippen LogP contribution >= 0.6 is 15.9 Å². The van der Waals surface area contributed by atoms with Crippen molar-refractivity contribution in [2.75, 3.05) is 5.32 Å². The van der Waals surface area contributed by atoms with Gasteiger partial charge >= 0.3 is 0 Å². The van der Waals surface area contributed by atoms with Gasteiger partial charge in [0, 0.05) is 22.1 Å². The van der Waals surface area contributed by atoms with E-state index < -0.39 is 0 Å². The quantitative estimate of drug-likeness (QED) is 0.700. The third kappa shape index (κ3) is 1.43. The second kappa shape index (κ2) is 3.38. The number of nitrogens with one attached hydrogen (secondary N) is 1. The number of fused-ring (bicyclic) bond motifs is 3. The molecule has 3 atom stereocenters. The van der Waals surface area contributed by atoms with Crippen molar-refractivity contribution in [2.45, 2.75) is 25.3 Å². The number of anilines is 1. The predicted molar refractivity (Wildman–Crippen MR) is 67.2 cm³/mol. The molecule has 0 radical (unpaired) electrons. The van der Waals surface area contributed by atoms with Crippen LogP contribution in [0.2, 0.25) is 0 Å². The van der Waals surface area contributed by atoms with Crippen molar-refractivity contribution >= 4 is 21.6 Å². The molecule has 1 aliphatic carbocycles. The highest BCUT2D eigenvalue weighted by molar-refractivity contribution is 9.10. The SMILES string of the molecule is CC1Nc2ccc(Br)cc2C2C=CCC12. The van der Waals surface area contributed by atoms with Gasteiger partial charge in [0.1, 0.15) is 0 Å². The van der Waals surface area contributed by atoms with Crippen molar-refractivity contribution in [2.24, 2.45) is 5.92 Å². The molecule has 0 spiro atoms. The molecule has 3 rings (SSSR count). The third-order valence-corrected chi connectivity index (χ3v) is 4.10. The molecular weight excluding hydrogens is 250 g/mol. The van der Waals surface area contributed by atoms with E-state index in [9.17, 15) is 0 Å². The maximum atomic E-state index is 3.60. The summed E-state index contributed by atoms with van der Waals surface area (Å²) in [6.07, 6.45) is 5.90. The first-order valence-corrected chi connectivity index (χ1v) is 6.27. The molecule has 0 fully saturated rings. The highest BCUT2D eigenvalue weighted by Crippen LogP contribution is 2.44. The first kappa shape index (κ1) is 9.46. The van der Waals surface area contributed by atoms with E-state index in [0.29, 0.717) is 12.0 Å². The predicted octanol–water partition coefficient (Wildman–Crippen LogP) is 3.92. The lowest BCUT2D eigenvalue weighted by atomic mass is 9.80. The van der Waals surface area contributed by atoms with Gasteiger partial charge in [0.25, 0.3) is 0 Å². The number of benzene rings is 1. The molecule has 0 amide bonds. The molecule has 0 saturated heterocycles. The fourth-order valence-corrected chi connectivity index (χ4v) is 3.19. The normalized spacial score (nSPS) is 32.0. The van der Waals surface area contributed by atoms with Crippen molar-refractivity contribution in [3.05, 3.63) is 40.4 Å². The van der Waals surface area contributed by atoms with Crippen LogP contribution in [0.15, 0.2) is 34.8 Å². The summed E-state index contributed by atoms with van der Waals surface area (Å²) in [7, 11) is 0. The molecule has 15 heavy (non-hydrogen) atoms. The number of allylic oxidation sites excluding steroid dienone is 2. The second-order valence-corrected chi connectivity index (χ2v) is 5.43. The van der Waals surface area contributed by atoms with Gasteiger partial charge in [-0.2, -0.15) is 0 Å². The molecule has 0 saturated carbocycles. The lowest BCUT2D eigenvalue weighted by molar-refractivity contribution is 0.437. The number of rotatable bonds is 0. The van der Waals surface area contributed by atoms with Crippen LogP contribution in [0, 0.1) is 5.92 Å². The molecular formula is C13H14BrN. The van der Waals surface area contributed by atoms with Crippen LogP contribution in [0.4, 0.5) is 5.69 Å². The van der Waals surface area contributed by atoms with Crippen LogP contribution < -0.4 is 5.32 Å². The molecule has 3 unspecified atom stereocenters. The van der Waals surface area contributed by atoms with E-state index in [0.717, 1.165) is 5.92 Å². The van der Waals surface area contributed by atoms with Gasteiger partial charge in [0.15, 0.2) is 0 Å². The summed E-state index contributed by atoms with van der Waals surface area (Å²) < 4.78 is 1.18. The zero-order valence-electron chi connectivity index (χ0n) is 8.70. The molecule has 1 aromatic carbocycles. The summed E-state index contributed by atoms with van der Waals surface area (Å²) in [5.41, 5.74) is 2.75. The van der Waals surface area contributed by atoms with Crippen LogP contribution in [0.5, 0.6) is 0 Å². The fraction of sp³-hybridized carbons (Fsp3) is 0.385. The van der Waals surface area contributed by atoms with Gasteiger partial charge in [0.2, 0.25) is 0 Å². The Kier molecular flexibility index (Phi) is 2.13. The zero-order valence-corrected chi connectivity index (χ0v) is 10.3. The van der Waals surface area contributed by atoms with Gasteiger partial charge in [-0.05, 0) is 43.0 Å². The Bertz CT molecular complexity index is 425. The lowest BCUT2D eigenvalue weighted by Crippen LogP contribution is -2.33. The Morgan fingerprint density at radius 3 is 3.13 bits per heavy atom. The topological polar surface area (TPSA) is 12.0 Å². The van der Waals surface area contributed by atoms with E-state index in [1.807, 2.05) is 0 Å². The lowest BCUT2D eigenvalue weighted by Gasteiger charge is -2.35. The summed E-state index contributed by atoms with van der Waals surface area (Å²) in [4.78, 5) is 0. The first-order chi connectivity index (χ1) is 7.25. The van der Waals surface area contributed by atoms with E-state index in [4.69, 9.17) is 0 Å². The number of halogens is 1. The molecule has 2 heteroatoms. The molecule has 1 aromatic rings. The summed E-state index contributed by atoms with van der Waals surface area (Å²) >= 11 is 3.55. The Morgan fingerprint density at radius 2 is 2.27 bits per heavy atom. The Balaban J connectivity index is 2.12. The van der Waals surface area contributed by atoms with Crippen LogP contribution in [0.1, 0.15) is 24.8 Å². The van der Waals surface area contributed by atoms with Gasteiger partial charge in [-0.15, -0.1) is 0 Å². The minimum atomic E-state index is 0.582. The van der Waals surface area contributed by atoms with Gasteiger partial charge in [-0.3, -0.25) is 0 Å². The van der Waals surface area contributed by atoms with Crippen LogP contribution in [0.25, 0.3) is 0 Å². The molecule has 1 heterocycles. The van der Waals surface area contributed by atoms with Crippen molar-refractivity contribution < 1.29 is 0 Å². The number of hydrogen-bond acceptors (Lipinski definition) is 1. The molecule has 1 N–H and O–H groups in total. The van der Waals surface area contributed by atoms with Crippen molar-refractivity contribution in [3.8, 4) is 0 Å². The minimum Gasteiger partial charge on any atom is -0.382 e. The first-order valence-electron chi connectivity index (χ1n) is 5.48. The highest BCUT2D eigenvalue weighted by Gasteiger charge is 2.34. The summed E-state index contributed by atoms with van der Waals surface area (Å²) in [5.74, 6) is 1.36. The van der Waals surface area contributed by atoms with E-state index in [2.05, 4.69) is 58.5 Å². The largest absolute Gasteiger partial charge is 0.382 e. The molecule has 2 aliphatic rings. The Morgan fingerprint density at radius 1 is 1.40 bits per heavy atom. The van der Waals surface area contributed by atoms with E-state index in [1.54, 1.807) is 0 Å². The monoisotopic (exact) mass is 263 g/mol. The van der Waals surface area contributed by atoms with E-state index >= 15 is 0 Å². The van der Waals surface area contributed by atoms with Crippen molar-refractivity contribution in [3.63, 3.8) is 0 Å². The highest BCUT2D eigenvalue weighted by atomic mass is 79.9. The van der Waals surface area contributed by atoms with E-state index in [-0.39, 0.29) is 0 Å². The van der Waals surface area contributed by atoms with Crippen LogP contribution in [-0.4, -0.2) is 6.04 Å². The zero-order chi connectivity index (χ0) is 10.4. The molecule has 1 aliphatic heterocycles. The standard InChI is InChI=1S/C13H14BrN/c1-8-10-3-2-4-11(10)12-7-9(14)5-6-13(12)15-8/h2,4-8,10-11,15H,3H2,1H3. The Hall–Kier alpha value is -0.760. The minimum absolute atomic E-state index is 0.582. The summed E-state index contributed by atoms with van der Waals surface area (Å²) in [6, 6.07) is 7.12. The molecule has 1 nitrogen and oxygen atoms in total. The number of hydrogen-bond donors (Lipinski definition) is 1. The van der Waals surface area contributed by atoms with Crippen molar-refractivity contribution in [1.82, 2.24) is 0 Å². The smallest absolute Gasteiger partial charge is 0.0381 e. The van der Waals surface area contributed by atoms with E-state index in [1.165, 1.54) is 22.1 Å². The average Bonchev–Trinajstić information content (AvgIpc) is 2.69. The van der Waals surface area contributed by atoms with Gasteiger partial charge in [-0.1, -0.05) is 28.1 Å². The van der Waals surface area contributed by atoms with Gasteiger partial charge in [0.05, 0.1) is 0 Å². The molecule has 0 aromatic heterocycles. The maximum absolute atomic E-state index is 3.60. The average molecular weight is 264 g/mol. The molecule has 0 bridgehead atoms. The maximum Gasteiger partial charge on any atom is 0.0381 e. The third-order valence-electron chi connectivity index (χ3n) is 3.61. The van der Waals surface area contributed by atoms with Gasteiger partial charge < -0.3 is 5.32 Å². The summed E-state index contributed by atoms with van der Waals surface area (Å²) in [6.45, 7) is 2.29. The fourth-order valence-electron chi connectivity index (χ4n) is 2.81. The van der Waals surface area contributed by atoms with Crippen LogP contribution in [0.3, 0.4) is 0 Å². The molecule has 78 valence electrons. The second-order valence-electron chi connectivity index (χ2n) is 4.52. The Labute approximate surface area is 98.7 Å². The van der Waals surface area contributed by atoms with Gasteiger partial charge in [-0.25, -0.2) is 0 Å².